The smallest absolute Gasteiger partial charge is 0.497 e. The normalized spacial score (nSPS) is 17.5. The molecule has 18 heteroatoms. The molecule has 1 fully saturated rings. The standard InChI is InChI=1S/C36H34F7N3O6S2/c1-19-15-26(46(16-20-5-11-23(49-2)12-6-20)17-21-7-13-24(50-3)14-8-21)30(37)28(29(19)35(38,39)40)32-27(22-9-10-22)31-25(18-51-32)33(45-34(44-31)53-4)52-54(47,48)36(41,42)43/h5-8,11-15,22,27,32H,9-10,16-18H2,1-4H3. The number of halogens is 7. The van der Waals surface area contributed by atoms with Crippen LogP contribution in [0.4, 0.5) is 36.4 Å². The Labute approximate surface area is 310 Å². The van der Waals surface area contributed by atoms with E-state index in [4.69, 9.17) is 14.2 Å². The molecule has 1 saturated carbocycles. The Balaban J connectivity index is 1.52. The third-order valence-electron chi connectivity index (χ3n) is 9.27. The maximum absolute atomic E-state index is 17.4. The number of aryl methyl sites for hydroxylation is 1. The number of thioether (sulfide) groups is 1. The fraction of sp³-hybridized carbons (Fsp3) is 0.389. The maximum atomic E-state index is 17.4. The Kier molecular flexibility index (Phi) is 11.0. The molecular formula is C36H34F7N3O6S2. The molecule has 6 rings (SSSR count). The summed E-state index contributed by atoms with van der Waals surface area (Å²) in [6, 6.07) is 15.0. The van der Waals surface area contributed by atoms with Crippen molar-refractivity contribution in [3.8, 4) is 17.4 Å². The highest BCUT2D eigenvalue weighted by Gasteiger charge is 2.52. The van der Waals surface area contributed by atoms with Crippen LogP contribution >= 0.6 is 11.8 Å². The molecule has 54 heavy (non-hydrogen) atoms. The predicted octanol–water partition coefficient (Wildman–Crippen LogP) is 8.88. The quantitative estimate of drug-likeness (QED) is 0.0454. The topological polar surface area (TPSA) is 100 Å². The summed E-state index contributed by atoms with van der Waals surface area (Å²) in [4.78, 5) is 9.86. The molecule has 0 N–H and O–H groups in total. The zero-order valence-electron chi connectivity index (χ0n) is 29.2. The van der Waals surface area contributed by atoms with Crippen LogP contribution in [0.3, 0.4) is 0 Å². The summed E-state index contributed by atoms with van der Waals surface area (Å²) in [6.07, 6.45) is -4.29. The first-order chi connectivity index (χ1) is 25.4. The van der Waals surface area contributed by atoms with E-state index in [0.717, 1.165) is 17.8 Å². The lowest BCUT2D eigenvalue weighted by molar-refractivity contribution is -0.141. The largest absolute Gasteiger partial charge is 0.534 e. The van der Waals surface area contributed by atoms with Gasteiger partial charge in [-0.2, -0.15) is 39.7 Å². The van der Waals surface area contributed by atoms with Gasteiger partial charge in [-0.25, -0.2) is 9.37 Å². The van der Waals surface area contributed by atoms with E-state index in [-0.39, 0.29) is 40.8 Å². The summed E-state index contributed by atoms with van der Waals surface area (Å²) in [5, 5.41) is -0.195. The molecule has 1 aromatic heterocycles. The first-order valence-corrected chi connectivity index (χ1v) is 19.1. The second-order valence-electron chi connectivity index (χ2n) is 12.8. The van der Waals surface area contributed by atoms with Crippen LogP contribution in [-0.4, -0.2) is 44.4 Å². The SMILES string of the molecule is COc1ccc(CN(Cc2ccc(OC)cc2)c2cc(C)c(C(F)(F)F)c(C3OCc4c(OS(=O)(=O)C(F)(F)F)nc(SC)nc4C3C3CC3)c2F)cc1. The number of benzene rings is 3. The molecule has 2 unspecified atom stereocenters. The first-order valence-electron chi connectivity index (χ1n) is 16.4. The summed E-state index contributed by atoms with van der Waals surface area (Å²) in [5.41, 5.74) is -7.24. The van der Waals surface area contributed by atoms with Crippen molar-refractivity contribution in [2.75, 3.05) is 25.4 Å². The van der Waals surface area contributed by atoms with Gasteiger partial charge in [0.05, 0.1) is 49.4 Å². The minimum absolute atomic E-state index is 0.0654. The van der Waals surface area contributed by atoms with E-state index in [2.05, 4.69) is 14.2 Å². The summed E-state index contributed by atoms with van der Waals surface area (Å²) >= 11 is 0.851. The number of anilines is 1. The lowest BCUT2D eigenvalue weighted by Gasteiger charge is -2.37. The van der Waals surface area contributed by atoms with Gasteiger partial charge in [0.2, 0.25) is 5.88 Å². The van der Waals surface area contributed by atoms with Crippen LogP contribution in [0.1, 0.15) is 63.9 Å². The van der Waals surface area contributed by atoms with Gasteiger partial charge in [0, 0.05) is 24.6 Å². The van der Waals surface area contributed by atoms with Gasteiger partial charge in [-0.1, -0.05) is 36.0 Å². The van der Waals surface area contributed by atoms with E-state index in [1.807, 2.05) is 0 Å². The highest BCUT2D eigenvalue weighted by atomic mass is 32.2. The molecule has 0 saturated heterocycles. The molecule has 0 radical (unpaired) electrons. The molecule has 1 aliphatic carbocycles. The van der Waals surface area contributed by atoms with Crippen molar-refractivity contribution < 1.29 is 57.5 Å². The number of hydrogen-bond donors (Lipinski definition) is 0. The van der Waals surface area contributed by atoms with Crippen LogP contribution in [-0.2, 0) is 40.7 Å². The van der Waals surface area contributed by atoms with Crippen molar-refractivity contribution in [3.63, 3.8) is 0 Å². The third-order valence-corrected chi connectivity index (χ3v) is 10.8. The summed E-state index contributed by atoms with van der Waals surface area (Å²) < 4.78 is 148. The molecule has 290 valence electrons. The number of alkyl halides is 6. The Morgan fingerprint density at radius 3 is 1.93 bits per heavy atom. The first kappa shape index (κ1) is 39.4. The van der Waals surface area contributed by atoms with Gasteiger partial charge < -0.3 is 23.3 Å². The number of methoxy groups -OCH3 is 2. The molecule has 2 aliphatic rings. The average Bonchev–Trinajstić information content (AvgIpc) is 3.96. The Bertz CT molecular complexity index is 2060. The van der Waals surface area contributed by atoms with E-state index in [1.165, 1.54) is 27.4 Å². The van der Waals surface area contributed by atoms with Gasteiger partial charge in [-0.15, -0.1) is 0 Å². The minimum atomic E-state index is -6.19. The zero-order chi connectivity index (χ0) is 39.2. The molecule has 9 nitrogen and oxygen atoms in total. The van der Waals surface area contributed by atoms with Crippen molar-refractivity contribution in [2.45, 2.75) is 68.3 Å². The van der Waals surface area contributed by atoms with Crippen molar-refractivity contribution >= 4 is 27.6 Å². The number of hydrogen-bond acceptors (Lipinski definition) is 10. The molecule has 0 spiro atoms. The number of nitrogens with zero attached hydrogens (tertiary/aromatic N) is 3. The average molecular weight is 802 g/mol. The van der Waals surface area contributed by atoms with Crippen LogP contribution in [0.5, 0.6) is 17.4 Å². The van der Waals surface area contributed by atoms with Crippen molar-refractivity contribution in [1.29, 1.82) is 0 Å². The molecule has 2 atom stereocenters. The van der Waals surface area contributed by atoms with Crippen LogP contribution in [0.25, 0.3) is 0 Å². The third kappa shape index (κ3) is 8.05. The fourth-order valence-electron chi connectivity index (χ4n) is 6.59. The van der Waals surface area contributed by atoms with Crippen molar-refractivity contribution in [3.05, 3.63) is 99.5 Å². The van der Waals surface area contributed by atoms with Crippen LogP contribution < -0.4 is 18.6 Å². The van der Waals surface area contributed by atoms with E-state index < -0.39 is 69.2 Å². The number of rotatable bonds is 12. The number of aromatic nitrogens is 2. The summed E-state index contributed by atoms with van der Waals surface area (Å²) in [5.74, 6) is -2.58. The van der Waals surface area contributed by atoms with E-state index in [1.54, 1.807) is 53.4 Å². The highest BCUT2D eigenvalue weighted by molar-refractivity contribution is 7.98. The molecule has 4 aromatic rings. The Hall–Kier alpha value is -4.29. The van der Waals surface area contributed by atoms with Crippen molar-refractivity contribution in [2.24, 2.45) is 5.92 Å². The van der Waals surface area contributed by atoms with Gasteiger partial charge in [-0.05, 0) is 79.0 Å². The van der Waals surface area contributed by atoms with Gasteiger partial charge in [0.15, 0.2) is 11.0 Å². The maximum Gasteiger partial charge on any atom is 0.534 e. The van der Waals surface area contributed by atoms with E-state index >= 15 is 17.6 Å². The van der Waals surface area contributed by atoms with Crippen LogP contribution in [0, 0.1) is 18.7 Å². The van der Waals surface area contributed by atoms with Crippen molar-refractivity contribution in [1.82, 2.24) is 9.97 Å². The molecule has 3 aromatic carbocycles. The molecule has 1 aliphatic heterocycles. The van der Waals surface area contributed by atoms with Crippen LogP contribution in [0.15, 0.2) is 59.8 Å². The Morgan fingerprint density at radius 1 is 0.907 bits per heavy atom. The summed E-state index contributed by atoms with van der Waals surface area (Å²) in [7, 11) is -3.19. The predicted molar refractivity (Wildman–Crippen MR) is 184 cm³/mol. The van der Waals surface area contributed by atoms with Gasteiger partial charge in [-0.3, -0.25) is 0 Å². The zero-order valence-corrected chi connectivity index (χ0v) is 30.9. The van der Waals surface area contributed by atoms with Crippen LogP contribution in [0.2, 0.25) is 0 Å². The fourth-order valence-corrected chi connectivity index (χ4v) is 7.40. The molecule has 0 bridgehead atoms. The van der Waals surface area contributed by atoms with Gasteiger partial charge in [0.25, 0.3) is 0 Å². The molecular weight excluding hydrogens is 768 g/mol. The Morgan fingerprint density at radius 2 is 1.46 bits per heavy atom. The second-order valence-corrected chi connectivity index (χ2v) is 15.1. The molecule has 2 heterocycles. The number of ether oxygens (including phenoxy) is 3. The van der Waals surface area contributed by atoms with E-state index in [9.17, 15) is 21.6 Å². The number of fused-ring (bicyclic) bond motifs is 1. The highest BCUT2D eigenvalue weighted by Crippen LogP contribution is 2.57. The second kappa shape index (κ2) is 15.1. The molecule has 0 amide bonds. The minimum Gasteiger partial charge on any atom is -0.497 e. The monoisotopic (exact) mass is 801 g/mol. The van der Waals surface area contributed by atoms with Gasteiger partial charge >= 0.3 is 21.8 Å². The lowest BCUT2D eigenvalue weighted by Crippen LogP contribution is -2.32. The summed E-state index contributed by atoms with van der Waals surface area (Å²) in [6.45, 7) is 0.591. The van der Waals surface area contributed by atoms with Gasteiger partial charge in [0.1, 0.15) is 11.5 Å². The van der Waals surface area contributed by atoms with E-state index in [0.29, 0.717) is 35.5 Å². The lowest BCUT2D eigenvalue weighted by atomic mass is 9.81.